The summed E-state index contributed by atoms with van der Waals surface area (Å²) in [6.07, 6.45) is 6.30. The molecular formula is C20H26N6O. The van der Waals surface area contributed by atoms with E-state index in [1.165, 1.54) is 24.1 Å². The maximum absolute atomic E-state index is 12.2. The molecule has 0 aromatic carbocycles. The third-order valence-corrected chi connectivity index (χ3v) is 6.36. The second kappa shape index (κ2) is 5.97. The molecule has 142 valence electrons. The molecule has 27 heavy (non-hydrogen) atoms. The number of likely N-dealkylation sites (tertiary alicyclic amines) is 1. The van der Waals surface area contributed by atoms with E-state index in [1.54, 1.807) is 0 Å². The molecule has 1 spiro atoms. The number of pyridine rings is 1. The number of amides is 2. The Balaban J connectivity index is 1.43. The number of hydrogen-bond donors (Lipinski definition) is 2. The zero-order valence-electron chi connectivity index (χ0n) is 15.7. The highest BCUT2D eigenvalue weighted by atomic mass is 16.2. The van der Waals surface area contributed by atoms with Gasteiger partial charge in [0.05, 0.1) is 5.69 Å². The van der Waals surface area contributed by atoms with Crippen molar-refractivity contribution in [2.24, 2.45) is 0 Å². The molecule has 3 aliphatic rings. The van der Waals surface area contributed by atoms with Gasteiger partial charge in [-0.25, -0.2) is 9.78 Å². The zero-order chi connectivity index (χ0) is 18.6. The van der Waals surface area contributed by atoms with Crippen molar-refractivity contribution in [1.82, 2.24) is 25.0 Å². The first kappa shape index (κ1) is 16.6. The van der Waals surface area contributed by atoms with Gasteiger partial charge < -0.3 is 16.0 Å². The van der Waals surface area contributed by atoms with Crippen LogP contribution in [0.3, 0.4) is 0 Å². The summed E-state index contributed by atoms with van der Waals surface area (Å²) in [4.78, 5) is 18.6. The predicted octanol–water partition coefficient (Wildman–Crippen LogP) is 2.48. The van der Waals surface area contributed by atoms with Crippen LogP contribution in [-0.4, -0.2) is 45.3 Å². The lowest BCUT2D eigenvalue weighted by molar-refractivity contribution is 0.206. The van der Waals surface area contributed by atoms with Gasteiger partial charge in [-0.2, -0.15) is 5.10 Å². The topological polar surface area (TPSA) is 89.1 Å². The van der Waals surface area contributed by atoms with Crippen LogP contribution in [0.2, 0.25) is 0 Å². The second-order valence-electron chi connectivity index (χ2n) is 8.15. The fourth-order valence-electron chi connectivity index (χ4n) is 4.68. The van der Waals surface area contributed by atoms with Crippen LogP contribution in [-0.2, 0) is 12.0 Å². The summed E-state index contributed by atoms with van der Waals surface area (Å²) in [5, 5.41) is 7.77. The highest BCUT2D eigenvalue weighted by molar-refractivity contribution is 5.75. The second-order valence-corrected chi connectivity index (χ2v) is 8.15. The van der Waals surface area contributed by atoms with E-state index in [1.807, 2.05) is 18.0 Å². The van der Waals surface area contributed by atoms with Crippen LogP contribution in [0.4, 0.5) is 10.6 Å². The summed E-state index contributed by atoms with van der Waals surface area (Å²) in [6.45, 7) is 5.12. The van der Waals surface area contributed by atoms with Gasteiger partial charge in [-0.15, -0.1) is 0 Å². The predicted molar refractivity (Wildman–Crippen MR) is 103 cm³/mol. The Morgan fingerprint density at radius 3 is 2.93 bits per heavy atom. The highest BCUT2D eigenvalue weighted by Crippen LogP contribution is 2.45. The van der Waals surface area contributed by atoms with Gasteiger partial charge in [0.25, 0.3) is 0 Å². The number of nitrogens with one attached hydrogen (secondary N) is 1. The number of aryl methyl sites for hydroxylation is 1. The number of nitrogen functional groups attached to an aromatic ring is 1. The molecule has 1 saturated heterocycles. The smallest absolute Gasteiger partial charge is 0.317 e. The van der Waals surface area contributed by atoms with Gasteiger partial charge >= 0.3 is 6.03 Å². The van der Waals surface area contributed by atoms with Crippen LogP contribution in [0.1, 0.15) is 49.8 Å². The molecule has 2 aliphatic heterocycles. The van der Waals surface area contributed by atoms with E-state index >= 15 is 0 Å². The molecule has 2 aromatic heterocycles. The SMILES string of the molecule is CCNC(=O)N1CCC2(CCn3nc(-c4cnc(N)c(C5CC5)c4)cc32)C1. The number of anilines is 1. The summed E-state index contributed by atoms with van der Waals surface area (Å²) in [7, 11) is 0. The summed E-state index contributed by atoms with van der Waals surface area (Å²) in [5.74, 6) is 1.22. The van der Waals surface area contributed by atoms with E-state index in [-0.39, 0.29) is 11.4 Å². The van der Waals surface area contributed by atoms with Crippen LogP contribution in [0, 0.1) is 0 Å². The van der Waals surface area contributed by atoms with Crippen LogP contribution in [0.25, 0.3) is 11.3 Å². The standard InChI is InChI=1S/C20H26N6O/c1-2-22-19(27)25-7-5-20(12-25)6-8-26-17(20)10-16(24-26)14-9-15(13-3-4-13)18(21)23-11-14/h9-11,13H,2-8,12H2,1H3,(H2,21,23)(H,22,27). The molecule has 1 unspecified atom stereocenters. The number of rotatable bonds is 3. The molecule has 3 N–H and O–H groups in total. The normalized spacial score (nSPS) is 23.8. The quantitative estimate of drug-likeness (QED) is 0.873. The van der Waals surface area contributed by atoms with E-state index in [4.69, 9.17) is 10.8 Å². The molecule has 7 heteroatoms. The largest absolute Gasteiger partial charge is 0.383 e. The lowest BCUT2D eigenvalue weighted by Gasteiger charge is -2.23. The number of hydrogen-bond acceptors (Lipinski definition) is 4. The number of nitrogens with two attached hydrogens (primary N) is 1. The van der Waals surface area contributed by atoms with Crippen LogP contribution >= 0.6 is 0 Å². The number of carbonyl (C=O) groups excluding carboxylic acids is 1. The Morgan fingerprint density at radius 1 is 1.33 bits per heavy atom. The van der Waals surface area contributed by atoms with Crippen molar-refractivity contribution in [3.63, 3.8) is 0 Å². The summed E-state index contributed by atoms with van der Waals surface area (Å²) in [6, 6.07) is 4.42. The minimum atomic E-state index is 0.0386. The number of nitrogens with zero attached hydrogens (tertiary/aromatic N) is 4. The lowest BCUT2D eigenvalue weighted by Crippen LogP contribution is -2.40. The van der Waals surface area contributed by atoms with E-state index in [2.05, 4.69) is 27.1 Å². The molecule has 5 rings (SSSR count). The molecule has 7 nitrogen and oxygen atoms in total. The van der Waals surface area contributed by atoms with Gasteiger partial charge in [0.15, 0.2) is 0 Å². The van der Waals surface area contributed by atoms with Crippen molar-refractivity contribution in [1.29, 1.82) is 0 Å². The third kappa shape index (κ3) is 2.67. The maximum atomic E-state index is 12.2. The summed E-state index contributed by atoms with van der Waals surface area (Å²) < 4.78 is 2.13. The Morgan fingerprint density at radius 2 is 2.15 bits per heavy atom. The van der Waals surface area contributed by atoms with Crippen molar-refractivity contribution in [2.45, 2.75) is 50.5 Å². The summed E-state index contributed by atoms with van der Waals surface area (Å²) >= 11 is 0. The fraction of sp³-hybridized carbons (Fsp3) is 0.550. The molecule has 0 radical (unpaired) electrons. The first-order chi connectivity index (χ1) is 13.1. The molecule has 1 saturated carbocycles. The molecule has 1 atom stereocenters. The third-order valence-electron chi connectivity index (χ3n) is 6.36. The van der Waals surface area contributed by atoms with Crippen molar-refractivity contribution in [3.8, 4) is 11.3 Å². The minimum absolute atomic E-state index is 0.0386. The number of aromatic nitrogens is 3. The van der Waals surface area contributed by atoms with Crippen LogP contribution in [0.15, 0.2) is 18.3 Å². The van der Waals surface area contributed by atoms with Crippen molar-refractivity contribution < 1.29 is 4.79 Å². The molecule has 4 heterocycles. The van der Waals surface area contributed by atoms with Gasteiger partial charge in [0.1, 0.15) is 5.82 Å². The first-order valence-electron chi connectivity index (χ1n) is 9.96. The van der Waals surface area contributed by atoms with Crippen molar-refractivity contribution in [3.05, 3.63) is 29.6 Å². The highest BCUT2D eigenvalue weighted by Gasteiger charge is 2.46. The molecule has 1 aliphatic carbocycles. The molecule has 0 bridgehead atoms. The monoisotopic (exact) mass is 366 g/mol. The van der Waals surface area contributed by atoms with Gasteiger partial charge in [-0.05, 0) is 56.2 Å². The van der Waals surface area contributed by atoms with Gasteiger partial charge in [0.2, 0.25) is 0 Å². The van der Waals surface area contributed by atoms with Crippen LogP contribution < -0.4 is 11.1 Å². The zero-order valence-corrected chi connectivity index (χ0v) is 15.7. The first-order valence-corrected chi connectivity index (χ1v) is 9.96. The number of carbonyl (C=O) groups is 1. The molecular weight excluding hydrogens is 340 g/mol. The van der Waals surface area contributed by atoms with Crippen LogP contribution in [0.5, 0.6) is 0 Å². The van der Waals surface area contributed by atoms with Gasteiger partial charge in [-0.3, -0.25) is 4.68 Å². The number of urea groups is 1. The Hall–Kier alpha value is -2.57. The Bertz CT molecular complexity index is 902. The van der Waals surface area contributed by atoms with Crippen molar-refractivity contribution in [2.75, 3.05) is 25.4 Å². The molecule has 2 fully saturated rings. The van der Waals surface area contributed by atoms with Gasteiger partial charge in [0, 0.05) is 49.0 Å². The average Bonchev–Trinajstić information content (AvgIpc) is 3.13. The lowest BCUT2D eigenvalue weighted by atomic mass is 9.82. The van der Waals surface area contributed by atoms with Gasteiger partial charge in [-0.1, -0.05) is 0 Å². The molecule has 2 amide bonds. The van der Waals surface area contributed by atoms with E-state index in [9.17, 15) is 4.79 Å². The maximum Gasteiger partial charge on any atom is 0.317 e. The van der Waals surface area contributed by atoms with Crippen molar-refractivity contribution >= 4 is 11.8 Å². The molecule has 2 aromatic rings. The fourth-order valence-corrected chi connectivity index (χ4v) is 4.68. The number of fused-ring (bicyclic) bond motifs is 2. The van der Waals surface area contributed by atoms with E-state index in [0.717, 1.165) is 43.7 Å². The average molecular weight is 366 g/mol. The van der Waals surface area contributed by atoms with E-state index < -0.39 is 0 Å². The summed E-state index contributed by atoms with van der Waals surface area (Å²) in [5.41, 5.74) is 10.5. The van der Waals surface area contributed by atoms with E-state index in [0.29, 0.717) is 18.3 Å². The minimum Gasteiger partial charge on any atom is -0.383 e. The Labute approximate surface area is 158 Å². The Kier molecular flexibility index (Phi) is 3.67.